The van der Waals surface area contributed by atoms with Gasteiger partial charge in [0.15, 0.2) is 0 Å². The molecule has 1 aliphatic heterocycles. The first-order valence-electron chi connectivity index (χ1n) is 6.58. The Balaban J connectivity index is 2.81. The third-order valence-electron chi connectivity index (χ3n) is 2.53. The van der Waals surface area contributed by atoms with E-state index < -0.39 is 14.2 Å². The molecule has 1 rings (SSSR count). The molecule has 1 heterocycles. The molecule has 5 heteroatoms. The first-order chi connectivity index (χ1) is 9.62. The number of rotatable bonds is 7. The Morgan fingerprint density at radius 3 is 2.30 bits per heavy atom. The van der Waals surface area contributed by atoms with Gasteiger partial charge in [-0.3, -0.25) is 9.61 Å². The zero-order valence-corrected chi connectivity index (χ0v) is 12.2. The lowest BCUT2D eigenvalue weighted by Crippen LogP contribution is -2.23. The van der Waals surface area contributed by atoms with E-state index in [9.17, 15) is 0 Å². The van der Waals surface area contributed by atoms with Gasteiger partial charge in [0.25, 0.3) is 0 Å². The maximum atomic E-state index is 5.73. The Hall–Kier alpha value is -1.55. The average Bonchev–Trinajstić information content (AvgIpc) is 2.90. The molecule has 0 N–H and O–H groups in total. The van der Waals surface area contributed by atoms with Crippen LogP contribution in [0.4, 0.5) is 0 Å². The highest BCUT2D eigenvalue weighted by molar-refractivity contribution is 6.70. The SMILES string of the molecule is C=C/C=C(\C=C/CC)B1OOB(/C(C=C)=C/C(=C)C)O1. The van der Waals surface area contributed by atoms with Crippen molar-refractivity contribution in [2.45, 2.75) is 20.3 Å². The summed E-state index contributed by atoms with van der Waals surface area (Å²) in [4.78, 5) is 10.4. The van der Waals surface area contributed by atoms with Crippen molar-refractivity contribution in [3.05, 3.63) is 72.7 Å². The van der Waals surface area contributed by atoms with Gasteiger partial charge in [0, 0.05) is 0 Å². The van der Waals surface area contributed by atoms with Crippen LogP contribution < -0.4 is 0 Å². The fourth-order valence-corrected chi connectivity index (χ4v) is 1.64. The number of hydrogen-bond acceptors (Lipinski definition) is 3. The largest absolute Gasteiger partial charge is 0.510 e. The molecule has 0 aromatic rings. The molecule has 104 valence electrons. The molecule has 0 amide bonds. The highest BCUT2D eigenvalue weighted by Crippen LogP contribution is 2.21. The van der Waals surface area contributed by atoms with Gasteiger partial charge in [-0.25, -0.2) is 0 Å². The lowest BCUT2D eigenvalue weighted by Gasteiger charge is -2.05. The molecule has 20 heavy (non-hydrogen) atoms. The molecule has 0 spiro atoms. The summed E-state index contributed by atoms with van der Waals surface area (Å²) in [7, 11) is -1.17. The van der Waals surface area contributed by atoms with E-state index >= 15 is 0 Å². The van der Waals surface area contributed by atoms with Crippen LogP contribution in [0.5, 0.6) is 0 Å². The van der Waals surface area contributed by atoms with Gasteiger partial charge in [-0.15, -0.1) is 0 Å². The molecule has 0 bridgehead atoms. The predicted octanol–water partition coefficient (Wildman–Crippen LogP) is 3.79. The Morgan fingerprint density at radius 1 is 1.15 bits per heavy atom. The standard InChI is InChI=1S/C15H20B2O3/c1-6-9-11-15(10-7-2)17-18-16(19-20-17)14(8-3)12-13(4)5/h7-12H,2-4,6H2,1,5H3/b11-9-,14-12+,15-10+. The molecule has 3 nitrogen and oxygen atoms in total. The van der Waals surface area contributed by atoms with E-state index in [0.717, 1.165) is 22.9 Å². The van der Waals surface area contributed by atoms with Gasteiger partial charge >= 0.3 is 14.2 Å². The average molecular weight is 270 g/mol. The van der Waals surface area contributed by atoms with E-state index in [1.807, 2.05) is 31.2 Å². The molecule has 0 atom stereocenters. The van der Waals surface area contributed by atoms with E-state index in [4.69, 9.17) is 14.2 Å². The molecule has 0 saturated carbocycles. The highest BCUT2D eigenvalue weighted by atomic mass is 17.2. The molecule has 0 unspecified atom stereocenters. The van der Waals surface area contributed by atoms with Crippen LogP contribution in [0, 0.1) is 0 Å². The van der Waals surface area contributed by atoms with Crippen molar-refractivity contribution in [2.75, 3.05) is 0 Å². The van der Waals surface area contributed by atoms with Crippen molar-refractivity contribution < 1.29 is 14.2 Å². The van der Waals surface area contributed by atoms with E-state index in [-0.39, 0.29) is 0 Å². The monoisotopic (exact) mass is 270 g/mol. The van der Waals surface area contributed by atoms with Gasteiger partial charge in [-0.1, -0.05) is 68.7 Å². The van der Waals surface area contributed by atoms with Gasteiger partial charge in [-0.2, -0.15) is 0 Å². The van der Waals surface area contributed by atoms with Gasteiger partial charge in [0.05, 0.1) is 0 Å². The van der Waals surface area contributed by atoms with Crippen LogP contribution in [0.25, 0.3) is 0 Å². The zero-order valence-electron chi connectivity index (χ0n) is 12.2. The van der Waals surface area contributed by atoms with Crippen molar-refractivity contribution in [1.29, 1.82) is 0 Å². The summed E-state index contributed by atoms with van der Waals surface area (Å²) in [6, 6.07) is 0. The molecule has 1 fully saturated rings. The van der Waals surface area contributed by atoms with Crippen molar-refractivity contribution in [3.63, 3.8) is 0 Å². The zero-order chi connectivity index (χ0) is 15.0. The maximum Gasteiger partial charge on any atom is 0.510 e. The summed E-state index contributed by atoms with van der Waals surface area (Å²) in [6.07, 6.45) is 11.9. The van der Waals surface area contributed by atoms with Crippen molar-refractivity contribution in [2.24, 2.45) is 0 Å². The van der Waals surface area contributed by atoms with Crippen molar-refractivity contribution >= 4 is 14.2 Å². The molecule has 0 aromatic heterocycles. The maximum absolute atomic E-state index is 5.73. The molecular formula is C15H20B2O3. The van der Waals surface area contributed by atoms with Crippen molar-refractivity contribution in [1.82, 2.24) is 0 Å². The van der Waals surface area contributed by atoms with Gasteiger partial charge < -0.3 is 4.57 Å². The molecular weight excluding hydrogens is 250 g/mol. The predicted molar refractivity (Wildman–Crippen MR) is 85.6 cm³/mol. The fraction of sp³-hybridized carbons (Fsp3) is 0.200. The summed E-state index contributed by atoms with van der Waals surface area (Å²) in [5.41, 5.74) is 2.52. The third kappa shape index (κ3) is 4.85. The summed E-state index contributed by atoms with van der Waals surface area (Å²) in [6.45, 7) is 15.2. The summed E-state index contributed by atoms with van der Waals surface area (Å²) in [5, 5.41) is 0. The van der Waals surface area contributed by atoms with Crippen LogP contribution in [-0.2, 0) is 14.2 Å². The van der Waals surface area contributed by atoms with E-state index in [2.05, 4.69) is 26.7 Å². The van der Waals surface area contributed by atoms with Crippen LogP contribution >= 0.6 is 0 Å². The molecule has 0 radical (unpaired) electrons. The topological polar surface area (TPSA) is 27.7 Å². The highest BCUT2D eigenvalue weighted by Gasteiger charge is 2.40. The quantitative estimate of drug-likeness (QED) is 0.400. The van der Waals surface area contributed by atoms with Gasteiger partial charge in [0.2, 0.25) is 0 Å². The molecule has 0 aromatic carbocycles. The molecule has 1 saturated heterocycles. The minimum Gasteiger partial charge on any atom is -0.440 e. The minimum atomic E-state index is -0.600. The van der Waals surface area contributed by atoms with E-state index in [1.54, 1.807) is 12.2 Å². The van der Waals surface area contributed by atoms with Crippen LogP contribution in [0.15, 0.2) is 72.7 Å². The van der Waals surface area contributed by atoms with Crippen LogP contribution in [0.1, 0.15) is 20.3 Å². The first-order valence-corrected chi connectivity index (χ1v) is 6.58. The Morgan fingerprint density at radius 2 is 1.80 bits per heavy atom. The second kappa shape index (κ2) is 8.59. The fourth-order valence-electron chi connectivity index (χ4n) is 1.64. The summed E-state index contributed by atoms with van der Waals surface area (Å²) >= 11 is 0. The molecule has 0 aliphatic carbocycles. The van der Waals surface area contributed by atoms with E-state index in [0.29, 0.717) is 0 Å². The summed E-state index contributed by atoms with van der Waals surface area (Å²) in [5.74, 6) is 0. The third-order valence-corrected chi connectivity index (χ3v) is 2.53. The van der Waals surface area contributed by atoms with Gasteiger partial charge in [0.1, 0.15) is 0 Å². The van der Waals surface area contributed by atoms with Crippen molar-refractivity contribution in [3.8, 4) is 0 Å². The second-order valence-corrected chi connectivity index (χ2v) is 4.40. The van der Waals surface area contributed by atoms with Crippen LogP contribution in [-0.4, -0.2) is 14.2 Å². The van der Waals surface area contributed by atoms with E-state index in [1.165, 1.54) is 0 Å². The Bertz CT molecular complexity index is 464. The number of hydrogen-bond donors (Lipinski definition) is 0. The molecule has 1 aliphatic rings. The Kier molecular flexibility index (Phi) is 7.09. The van der Waals surface area contributed by atoms with Crippen LogP contribution in [0.2, 0.25) is 0 Å². The lowest BCUT2D eigenvalue weighted by atomic mass is 9.71. The summed E-state index contributed by atoms with van der Waals surface area (Å²) < 4.78 is 5.73. The number of allylic oxidation sites excluding steroid dienone is 9. The van der Waals surface area contributed by atoms with Gasteiger partial charge in [-0.05, 0) is 24.3 Å². The second-order valence-electron chi connectivity index (χ2n) is 4.40. The Labute approximate surface area is 122 Å². The smallest absolute Gasteiger partial charge is 0.440 e. The minimum absolute atomic E-state index is 0.575. The van der Waals surface area contributed by atoms with Crippen LogP contribution in [0.3, 0.4) is 0 Å². The first kappa shape index (κ1) is 16.5. The normalized spacial score (nSPS) is 16.9. The lowest BCUT2D eigenvalue weighted by molar-refractivity contribution is -0.0954.